The third kappa shape index (κ3) is 1.90. The Morgan fingerprint density at radius 1 is 0.789 bits per heavy atom. The van der Waals surface area contributed by atoms with E-state index in [1.54, 1.807) is 0 Å². The molecule has 3 aliphatic rings. The third-order valence-electron chi connectivity index (χ3n) is 6.77. The van der Waals surface area contributed by atoms with Crippen molar-refractivity contribution in [3.05, 3.63) is 0 Å². The summed E-state index contributed by atoms with van der Waals surface area (Å²) in [5, 5.41) is 11.4. The standard InChI is InChI=1S/C15H28N2OS/c1-6-7(2)11-12-13(8(3)9(4)14(11)18)16-17-19-15(12)10(6)5/h6-18H,1-5H3. The van der Waals surface area contributed by atoms with Crippen molar-refractivity contribution in [3.8, 4) is 0 Å². The summed E-state index contributed by atoms with van der Waals surface area (Å²) in [4.78, 5) is 3.36. The van der Waals surface area contributed by atoms with E-state index in [0.717, 1.165) is 0 Å². The Balaban J connectivity index is 1.99. The first kappa shape index (κ1) is 14.2. The van der Waals surface area contributed by atoms with E-state index in [1.807, 2.05) is 11.9 Å². The summed E-state index contributed by atoms with van der Waals surface area (Å²) in [5.74, 6) is 3.99. The summed E-state index contributed by atoms with van der Waals surface area (Å²) < 4.78 is 0. The molecule has 3 N–H and O–H groups in total. The maximum Gasteiger partial charge on any atom is 0.0603 e. The van der Waals surface area contributed by atoms with Gasteiger partial charge in [0.05, 0.1) is 6.10 Å². The van der Waals surface area contributed by atoms with Crippen LogP contribution in [0.4, 0.5) is 0 Å². The van der Waals surface area contributed by atoms with Crippen molar-refractivity contribution in [3.63, 3.8) is 0 Å². The molecule has 0 bridgehead atoms. The lowest BCUT2D eigenvalue weighted by Gasteiger charge is -2.60. The first-order chi connectivity index (χ1) is 8.95. The molecule has 1 saturated heterocycles. The minimum absolute atomic E-state index is 0.135. The summed E-state index contributed by atoms with van der Waals surface area (Å²) in [6.45, 7) is 11.6. The van der Waals surface area contributed by atoms with E-state index < -0.39 is 0 Å². The lowest BCUT2D eigenvalue weighted by Crippen LogP contribution is -2.68. The van der Waals surface area contributed by atoms with Crippen molar-refractivity contribution >= 4 is 11.9 Å². The van der Waals surface area contributed by atoms with Crippen LogP contribution in [0, 0.1) is 41.4 Å². The van der Waals surface area contributed by atoms with Gasteiger partial charge in [0, 0.05) is 11.3 Å². The number of hydrogen-bond acceptors (Lipinski definition) is 4. The normalized spacial score (nSPS) is 61.6. The summed E-state index contributed by atoms with van der Waals surface area (Å²) >= 11 is 1.85. The van der Waals surface area contributed by atoms with Crippen molar-refractivity contribution < 1.29 is 5.11 Å². The zero-order valence-electron chi connectivity index (χ0n) is 12.6. The monoisotopic (exact) mass is 284 g/mol. The van der Waals surface area contributed by atoms with Crippen LogP contribution < -0.4 is 10.3 Å². The molecule has 0 aromatic heterocycles. The SMILES string of the molecule is CC1C(C)C2SNNC3C(C)C(C)C(O)C(C1C)C32. The first-order valence-corrected chi connectivity index (χ1v) is 8.67. The molecule has 10 atom stereocenters. The largest absolute Gasteiger partial charge is 0.393 e. The Kier molecular flexibility index (Phi) is 3.66. The predicted molar refractivity (Wildman–Crippen MR) is 80.2 cm³/mol. The molecule has 3 fully saturated rings. The molecule has 110 valence electrons. The molecule has 2 saturated carbocycles. The zero-order valence-corrected chi connectivity index (χ0v) is 13.4. The molecule has 2 aliphatic carbocycles. The number of hydrazine groups is 1. The third-order valence-corrected chi connectivity index (χ3v) is 8.02. The van der Waals surface area contributed by atoms with Gasteiger partial charge in [-0.05, 0) is 41.4 Å². The van der Waals surface area contributed by atoms with Crippen LogP contribution in [-0.2, 0) is 0 Å². The highest BCUT2D eigenvalue weighted by Crippen LogP contribution is 2.55. The number of aliphatic hydroxyl groups is 1. The van der Waals surface area contributed by atoms with Gasteiger partial charge in [-0.15, -0.1) is 0 Å². The van der Waals surface area contributed by atoms with Gasteiger partial charge in [0.25, 0.3) is 0 Å². The van der Waals surface area contributed by atoms with Gasteiger partial charge in [0.15, 0.2) is 0 Å². The molecule has 0 spiro atoms. The van der Waals surface area contributed by atoms with Gasteiger partial charge in [0.1, 0.15) is 0 Å². The highest BCUT2D eigenvalue weighted by Gasteiger charge is 2.57. The molecule has 19 heavy (non-hydrogen) atoms. The van der Waals surface area contributed by atoms with Gasteiger partial charge in [0.2, 0.25) is 0 Å². The van der Waals surface area contributed by atoms with Gasteiger partial charge in [-0.25, -0.2) is 10.3 Å². The Morgan fingerprint density at radius 3 is 2.16 bits per heavy atom. The number of hydrogen-bond donors (Lipinski definition) is 3. The molecular formula is C15H28N2OS. The lowest BCUT2D eigenvalue weighted by atomic mass is 9.53. The summed E-state index contributed by atoms with van der Waals surface area (Å²) in [6.07, 6.45) is -0.135. The average Bonchev–Trinajstić information content (AvgIpc) is 2.41. The number of aliphatic hydroxyl groups excluding tert-OH is 1. The molecule has 3 rings (SSSR count). The van der Waals surface area contributed by atoms with Crippen LogP contribution in [0.2, 0.25) is 0 Å². The van der Waals surface area contributed by atoms with Crippen LogP contribution in [0.1, 0.15) is 34.6 Å². The molecule has 4 heteroatoms. The molecular weight excluding hydrogens is 256 g/mol. The van der Waals surface area contributed by atoms with E-state index in [0.29, 0.717) is 52.7 Å². The maximum atomic E-state index is 10.8. The van der Waals surface area contributed by atoms with Gasteiger partial charge in [-0.1, -0.05) is 46.6 Å². The average molecular weight is 284 g/mol. The van der Waals surface area contributed by atoms with Crippen molar-refractivity contribution in [2.45, 2.75) is 52.0 Å². The number of nitrogens with one attached hydrogen (secondary N) is 2. The highest BCUT2D eigenvalue weighted by molar-refractivity contribution is 7.98. The Morgan fingerprint density at radius 2 is 1.47 bits per heavy atom. The number of rotatable bonds is 0. The van der Waals surface area contributed by atoms with E-state index in [9.17, 15) is 5.11 Å². The second-order valence-corrected chi connectivity index (χ2v) is 8.28. The van der Waals surface area contributed by atoms with Crippen molar-refractivity contribution in [1.82, 2.24) is 10.3 Å². The molecule has 10 unspecified atom stereocenters. The van der Waals surface area contributed by atoms with E-state index in [1.165, 1.54) is 0 Å². The fourth-order valence-electron chi connectivity index (χ4n) is 4.95. The second kappa shape index (κ2) is 4.90. The van der Waals surface area contributed by atoms with Gasteiger partial charge in [-0.2, -0.15) is 0 Å². The van der Waals surface area contributed by atoms with Crippen LogP contribution in [-0.4, -0.2) is 22.5 Å². The first-order valence-electron chi connectivity index (χ1n) is 7.79. The smallest absolute Gasteiger partial charge is 0.0603 e. The molecule has 0 aromatic carbocycles. The molecule has 1 aliphatic heterocycles. The van der Waals surface area contributed by atoms with E-state index >= 15 is 0 Å². The van der Waals surface area contributed by atoms with Crippen molar-refractivity contribution in [1.29, 1.82) is 0 Å². The van der Waals surface area contributed by atoms with Crippen LogP contribution in [0.3, 0.4) is 0 Å². The van der Waals surface area contributed by atoms with Crippen LogP contribution in [0.25, 0.3) is 0 Å². The summed E-state index contributed by atoms with van der Waals surface area (Å²) in [5.41, 5.74) is 3.51. The van der Waals surface area contributed by atoms with Crippen LogP contribution in [0.5, 0.6) is 0 Å². The maximum absolute atomic E-state index is 10.8. The Bertz CT molecular complexity index is 323. The quantitative estimate of drug-likeness (QED) is 0.597. The molecule has 0 amide bonds. The van der Waals surface area contributed by atoms with Crippen molar-refractivity contribution in [2.75, 3.05) is 0 Å². The fraction of sp³-hybridized carbons (Fsp3) is 1.00. The van der Waals surface area contributed by atoms with E-state index in [4.69, 9.17) is 0 Å². The van der Waals surface area contributed by atoms with E-state index in [2.05, 4.69) is 44.9 Å². The Labute approximate surface area is 121 Å². The minimum Gasteiger partial charge on any atom is -0.393 e. The lowest BCUT2D eigenvalue weighted by molar-refractivity contribution is -0.115. The van der Waals surface area contributed by atoms with Crippen LogP contribution in [0.15, 0.2) is 0 Å². The summed E-state index contributed by atoms with van der Waals surface area (Å²) in [6, 6.07) is 0.507. The molecule has 3 nitrogen and oxygen atoms in total. The van der Waals surface area contributed by atoms with E-state index in [-0.39, 0.29) is 6.10 Å². The summed E-state index contributed by atoms with van der Waals surface area (Å²) in [7, 11) is 0. The molecule has 0 radical (unpaired) electrons. The zero-order chi connectivity index (χ0) is 13.9. The second-order valence-electron chi connectivity index (χ2n) is 7.30. The topological polar surface area (TPSA) is 44.3 Å². The molecule has 0 aromatic rings. The Hall–Kier alpha value is 0.230. The highest BCUT2D eigenvalue weighted by atomic mass is 32.2. The van der Waals surface area contributed by atoms with Gasteiger partial charge < -0.3 is 5.11 Å². The van der Waals surface area contributed by atoms with Gasteiger partial charge >= 0.3 is 0 Å². The molecule has 1 heterocycles. The van der Waals surface area contributed by atoms with Gasteiger partial charge in [-0.3, -0.25) is 0 Å². The minimum atomic E-state index is -0.135. The fourth-order valence-corrected chi connectivity index (χ4v) is 6.26. The van der Waals surface area contributed by atoms with Crippen LogP contribution >= 0.6 is 11.9 Å². The predicted octanol–water partition coefficient (Wildman–Crippen LogP) is 2.28. The van der Waals surface area contributed by atoms with Crippen molar-refractivity contribution in [2.24, 2.45) is 41.4 Å².